The summed E-state index contributed by atoms with van der Waals surface area (Å²) in [5.74, 6) is 3.31. The Bertz CT molecular complexity index is 758. The maximum Gasteiger partial charge on any atom is 0.227 e. The minimum atomic E-state index is -0.00296. The smallest absolute Gasteiger partial charge is 0.227 e. The Hall–Kier alpha value is -2.11. The number of hydrogen-bond donors (Lipinski definition) is 1. The second-order valence-electron chi connectivity index (χ2n) is 8.10. The highest BCUT2D eigenvalue weighted by Crippen LogP contribution is 2.42. The zero-order chi connectivity index (χ0) is 18.2. The van der Waals surface area contributed by atoms with E-state index in [9.17, 15) is 4.79 Å². The standard InChI is InChI=1S/C19H27N3O3/c1-11(2)18-21-17(25-22-18)7-6-16(23)20-14-9-19(4,5)10-15-13(14)8-12(3)24-15/h8,11,14H,6-7,9-10H2,1-5H3,(H,20,23)/t14-/m1/s1. The van der Waals surface area contributed by atoms with Crippen LogP contribution in [-0.2, 0) is 17.6 Å². The SMILES string of the molecule is Cc1cc2c(o1)CC(C)(C)C[C@H]2NC(=O)CCc1nc(C(C)C)no1. The quantitative estimate of drug-likeness (QED) is 0.890. The molecule has 0 aliphatic heterocycles. The normalized spacial score (nSPS) is 19.0. The number of fused-ring (bicyclic) bond motifs is 1. The van der Waals surface area contributed by atoms with Crippen molar-refractivity contribution in [3.05, 3.63) is 34.9 Å². The number of rotatable bonds is 5. The summed E-state index contributed by atoms with van der Waals surface area (Å²) in [6.07, 6.45) is 2.60. The van der Waals surface area contributed by atoms with Gasteiger partial charge in [-0.05, 0) is 24.8 Å². The lowest BCUT2D eigenvalue weighted by Crippen LogP contribution is -2.36. The van der Waals surface area contributed by atoms with E-state index in [4.69, 9.17) is 8.94 Å². The van der Waals surface area contributed by atoms with E-state index in [1.807, 2.05) is 26.8 Å². The molecule has 2 aromatic heterocycles. The summed E-state index contributed by atoms with van der Waals surface area (Å²) in [5.41, 5.74) is 1.22. The summed E-state index contributed by atoms with van der Waals surface area (Å²) < 4.78 is 11.0. The van der Waals surface area contributed by atoms with Crippen LogP contribution in [0.2, 0.25) is 0 Å². The van der Waals surface area contributed by atoms with Crippen LogP contribution in [-0.4, -0.2) is 16.0 Å². The van der Waals surface area contributed by atoms with Crippen molar-refractivity contribution >= 4 is 5.91 Å². The fourth-order valence-electron chi connectivity index (χ4n) is 3.40. The topological polar surface area (TPSA) is 81.2 Å². The molecule has 0 radical (unpaired) electrons. The van der Waals surface area contributed by atoms with Crippen molar-refractivity contribution in [2.45, 2.75) is 72.3 Å². The van der Waals surface area contributed by atoms with Crippen LogP contribution in [0.1, 0.15) is 81.3 Å². The molecule has 1 atom stereocenters. The van der Waals surface area contributed by atoms with Gasteiger partial charge in [0.25, 0.3) is 0 Å². The maximum absolute atomic E-state index is 12.4. The van der Waals surface area contributed by atoms with Crippen molar-refractivity contribution in [1.82, 2.24) is 15.5 Å². The van der Waals surface area contributed by atoms with Gasteiger partial charge in [0, 0.05) is 30.7 Å². The molecule has 0 saturated heterocycles. The van der Waals surface area contributed by atoms with E-state index in [-0.39, 0.29) is 23.3 Å². The van der Waals surface area contributed by atoms with Gasteiger partial charge in [0.2, 0.25) is 11.8 Å². The minimum absolute atomic E-state index is 0.00221. The van der Waals surface area contributed by atoms with E-state index in [0.29, 0.717) is 24.6 Å². The summed E-state index contributed by atoms with van der Waals surface area (Å²) in [7, 11) is 0. The summed E-state index contributed by atoms with van der Waals surface area (Å²) in [6, 6.07) is 2.04. The zero-order valence-corrected chi connectivity index (χ0v) is 15.7. The fraction of sp³-hybridized carbons (Fsp3) is 0.632. The maximum atomic E-state index is 12.4. The molecule has 6 heteroatoms. The molecule has 0 bridgehead atoms. The van der Waals surface area contributed by atoms with Crippen LogP contribution >= 0.6 is 0 Å². The molecule has 2 heterocycles. The zero-order valence-electron chi connectivity index (χ0n) is 15.7. The first-order valence-corrected chi connectivity index (χ1v) is 8.94. The lowest BCUT2D eigenvalue weighted by atomic mass is 9.74. The van der Waals surface area contributed by atoms with Crippen molar-refractivity contribution in [3.8, 4) is 0 Å². The van der Waals surface area contributed by atoms with E-state index in [0.717, 1.165) is 29.9 Å². The van der Waals surface area contributed by atoms with Crippen LogP contribution in [0.15, 0.2) is 15.0 Å². The Balaban J connectivity index is 1.62. The van der Waals surface area contributed by atoms with Gasteiger partial charge in [-0.15, -0.1) is 0 Å². The third kappa shape index (κ3) is 4.11. The van der Waals surface area contributed by atoms with Crippen molar-refractivity contribution in [3.63, 3.8) is 0 Å². The lowest BCUT2D eigenvalue weighted by Gasteiger charge is -2.34. The summed E-state index contributed by atoms with van der Waals surface area (Å²) >= 11 is 0. The summed E-state index contributed by atoms with van der Waals surface area (Å²) in [4.78, 5) is 16.7. The van der Waals surface area contributed by atoms with Gasteiger partial charge < -0.3 is 14.3 Å². The van der Waals surface area contributed by atoms with Crippen molar-refractivity contribution < 1.29 is 13.7 Å². The molecule has 136 valence electrons. The van der Waals surface area contributed by atoms with Crippen LogP contribution < -0.4 is 5.32 Å². The number of nitrogens with one attached hydrogen (secondary N) is 1. The molecule has 0 aromatic carbocycles. The first-order chi connectivity index (χ1) is 11.7. The second kappa shape index (κ2) is 6.65. The predicted molar refractivity (Wildman–Crippen MR) is 93.1 cm³/mol. The van der Waals surface area contributed by atoms with Crippen molar-refractivity contribution in [2.75, 3.05) is 0 Å². The fourth-order valence-corrected chi connectivity index (χ4v) is 3.40. The van der Waals surface area contributed by atoms with Gasteiger partial charge in [-0.25, -0.2) is 0 Å². The van der Waals surface area contributed by atoms with Crippen molar-refractivity contribution in [1.29, 1.82) is 0 Å². The number of amides is 1. The van der Waals surface area contributed by atoms with E-state index in [1.54, 1.807) is 0 Å². The number of hydrogen-bond acceptors (Lipinski definition) is 5. The van der Waals surface area contributed by atoms with Gasteiger partial charge in [0.15, 0.2) is 5.82 Å². The van der Waals surface area contributed by atoms with Gasteiger partial charge in [0.05, 0.1) is 6.04 Å². The Morgan fingerprint density at radius 3 is 2.88 bits per heavy atom. The molecule has 6 nitrogen and oxygen atoms in total. The lowest BCUT2D eigenvalue weighted by molar-refractivity contribution is -0.122. The second-order valence-corrected chi connectivity index (χ2v) is 8.10. The average molecular weight is 345 g/mol. The highest BCUT2D eigenvalue weighted by atomic mass is 16.5. The first kappa shape index (κ1) is 17.7. The largest absolute Gasteiger partial charge is 0.466 e. The molecule has 1 aliphatic carbocycles. The highest BCUT2D eigenvalue weighted by molar-refractivity contribution is 5.76. The third-order valence-corrected chi connectivity index (χ3v) is 4.64. The number of aromatic nitrogens is 2. The predicted octanol–water partition coefficient (Wildman–Crippen LogP) is 3.86. The molecule has 0 fully saturated rings. The average Bonchev–Trinajstić information content (AvgIpc) is 3.10. The Morgan fingerprint density at radius 2 is 2.20 bits per heavy atom. The number of furan rings is 1. The molecule has 25 heavy (non-hydrogen) atoms. The third-order valence-electron chi connectivity index (χ3n) is 4.64. The van der Waals surface area contributed by atoms with E-state index in [2.05, 4.69) is 29.3 Å². The molecule has 0 saturated carbocycles. The number of carbonyl (C=O) groups excluding carboxylic acids is 1. The van der Waals surface area contributed by atoms with Crippen LogP contribution in [0.25, 0.3) is 0 Å². The molecule has 1 N–H and O–H groups in total. The summed E-state index contributed by atoms with van der Waals surface area (Å²) in [6.45, 7) is 10.4. The first-order valence-electron chi connectivity index (χ1n) is 8.94. The molecule has 0 spiro atoms. The van der Waals surface area contributed by atoms with E-state index < -0.39 is 0 Å². The van der Waals surface area contributed by atoms with Gasteiger partial charge >= 0.3 is 0 Å². The highest BCUT2D eigenvalue weighted by Gasteiger charge is 2.35. The summed E-state index contributed by atoms with van der Waals surface area (Å²) in [5, 5.41) is 7.09. The van der Waals surface area contributed by atoms with Crippen LogP contribution in [0.3, 0.4) is 0 Å². The Kier molecular flexibility index (Phi) is 4.71. The van der Waals surface area contributed by atoms with Crippen LogP contribution in [0.4, 0.5) is 0 Å². The Labute approximate surface area is 148 Å². The van der Waals surface area contributed by atoms with Crippen molar-refractivity contribution in [2.24, 2.45) is 5.41 Å². The van der Waals surface area contributed by atoms with E-state index >= 15 is 0 Å². The number of aryl methyl sites for hydroxylation is 2. The van der Waals surface area contributed by atoms with Crippen LogP contribution in [0.5, 0.6) is 0 Å². The van der Waals surface area contributed by atoms with Gasteiger partial charge in [-0.3, -0.25) is 4.79 Å². The Morgan fingerprint density at radius 1 is 1.44 bits per heavy atom. The molecule has 1 aliphatic rings. The van der Waals surface area contributed by atoms with Gasteiger partial charge in [-0.2, -0.15) is 4.98 Å². The molecule has 0 unspecified atom stereocenters. The molecule has 1 amide bonds. The number of nitrogens with zero attached hydrogens (tertiary/aromatic N) is 2. The van der Waals surface area contributed by atoms with Gasteiger partial charge in [0.1, 0.15) is 11.5 Å². The van der Waals surface area contributed by atoms with E-state index in [1.165, 1.54) is 0 Å². The monoisotopic (exact) mass is 345 g/mol. The number of carbonyl (C=O) groups is 1. The molecule has 3 rings (SSSR count). The molecule has 2 aromatic rings. The molecular formula is C19H27N3O3. The minimum Gasteiger partial charge on any atom is -0.466 e. The molecular weight excluding hydrogens is 318 g/mol. The van der Waals surface area contributed by atoms with Gasteiger partial charge in [-0.1, -0.05) is 32.9 Å². The van der Waals surface area contributed by atoms with Crippen LogP contribution in [0, 0.1) is 12.3 Å².